The van der Waals surface area contributed by atoms with Gasteiger partial charge in [-0.2, -0.15) is 0 Å². The second kappa shape index (κ2) is 11.0. The summed E-state index contributed by atoms with van der Waals surface area (Å²) in [7, 11) is 0. The van der Waals surface area contributed by atoms with Crippen LogP contribution in [0.4, 0.5) is 0 Å². The van der Waals surface area contributed by atoms with Crippen LogP contribution in [0.3, 0.4) is 0 Å². The van der Waals surface area contributed by atoms with Gasteiger partial charge in [0.25, 0.3) is 0 Å². The van der Waals surface area contributed by atoms with Crippen molar-refractivity contribution in [1.82, 2.24) is 14.1 Å². The minimum absolute atomic E-state index is 0.892. The van der Waals surface area contributed by atoms with Crippen molar-refractivity contribution in [2.24, 2.45) is 0 Å². The highest BCUT2D eigenvalue weighted by molar-refractivity contribution is 6.12. The van der Waals surface area contributed by atoms with E-state index < -0.39 is 0 Å². The molecule has 52 heavy (non-hydrogen) atoms. The second-order valence-corrected chi connectivity index (χ2v) is 13.6. The Kier molecular flexibility index (Phi) is 6.13. The number of pyridine rings is 1. The van der Waals surface area contributed by atoms with Gasteiger partial charge in [0.2, 0.25) is 0 Å². The summed E-state index contributed by atoms with van der Waals surface area (Å²) in [6.45, 7) is 2.23. The molecule has 7 aromatic carbocycles. The number of para-hydroxylation sites is 4. The summed E-state index contributed by atoms with van der Waals surface area (Å²) in [5.74, 6) is 0. The monoisotopic (exact) mass is 665 g/mol. The third kappa shape index (κ3) is 4.18. The van der Waals surface area contributed by atoms with Crippen LogP contribution < -0.4 is 0 Å². The van der Waals surface area contributed by atoms with Crippen molar-refractivity contribution < 1.29 is 4.42 Å². The largest absolute Gasteiger partial charge is 0.456 e. The molecule has 0 saturated carbocycles. The van der Waals surface area contributed by atoms with E-state index in [2.05, 4.69) is 162 Å². The van der Waals surface area contributed by atoms with Crippen LogP contribution in [0, 0.1) is 6.92 Å². The molecule has 4 heterocycles. The summed E-state index contributed by atoms with van der Waals surface area (Å²) in [5.41, 5.74) is 14.3. The molecule has 0 saturated heterocycles. The number of benzene rings is 7. The van der Waals surface area contributed by atoms with Crippen LogP contribution in [-0.2, 0) is 0 Å². The molecule has 0 atom stereocenters. The van der Waals surface area contributed by atoms with Crippen molar-refractivity contribution in [3.05, 3.63) is 176 Å². The third-order valence-corrected chi connectivity index (χ3v) is 10.8. The number of hydrogen-bond acceptors (Lipinski definition) is 2. The molecule has 0 amide bonds. The van der Waals surface area contributed by atoms with Crippen molar-refractivity contribution in [2.45, 2.75) is 6.92 Å². The standard InChI is InChI=1S/C48H31N3O/c1-30-38(41-16-10-11-25-49-41)27-32(31-21-24-48-40(26-31)37-15-5-9-20-47(37)52-48)28-46(30)51-44-19-8-4-14-36(44)39-29-33(22-23-45(39)51)50-42-17-6-2-12-34(42)35-13-3-7-18-43(35)50/h2-29H,1H3. The molecule has 244 valence electrons. The zero-order valence-corrected chi connectivity index (χ0v) is 28.4. The lowest BCUT2D eigenvalue weighted by atomic mass is 9.95. The predicted molar refractivity (Wildman–Crippen MR) is 216 cm³/mol. The fourth-order valence-corrected chi connectivity index (χ4v) is 8.35. The van der Waals surface area contributed by atoms with Gasteiger partial charge in [-0.05, 0) is 102 Å². The molecule has 0 aliphatic carbocycles. The zero-order chi connectivity index (χ0) is 34.3. The topological polar surface area (TPSA) is 35.9 Å². The van der Waals surface area contributed by atoms with Crippen LogP contribution in [0.25, 0.3) is 99.3 Å². The average Bonchev–Trinajstić information content (AvgIpc) is 3.86. The van der Waals surface area contributed by atoms with E-state index in [4.69, 9.17) is 9.40 Å². The normalized spacial score (nSPS) is 11.9. The fourth-order valence-electron chi connectivity index (χ4n) is 8.35. The molecular formula is C48H31N3O. The van der Waals surface area contributed by atoms with Crippen molar-refractivity contribution in [3.8, 4) is 33.8 Å². The van der Waals surface area contributed by atoms with E-state index in [-0.39, 0.29) is 0 Å². The summed E-state index contributed by atoms with van der Waals surface area (Å²) >= 11 is 0. The van der Waals surface area contributed by atoms with E-state index in [1.54, 1.807) is 0 Å². The molecule has 11 aromatic rings. The Balaban J connectivity index is 1.18. The summed E-state index contributed by atoms with van der Waals surface area (Å²) in [6.07, 6.45) is 1.88. The molecule has 0 aliphatic rings. The van der Waals surface area contributed by atoms with Crippen molar-refractivity contribution in [1.29, 1.82) is 0 Å². The molecule has 0 radical (unpaired) electrons. The number of furan rings is 1. The van der Waals surface area contributed by atoms with E-state index in [1.165, 1.54) is 43.7 Å². The first-order valence-electron chi connectivity index (χ1n) is 17.7. The summed E-state index contributed by atoms with van der Waals surface area (Å²) in [6, 6.07) is 58.7. The van der Waals surface area contributed by atoms with Gasteiger partial charge in [-0.25, -0.2) is 0 Å². The van der Waals surface area contributed by atoms with Gasteiger partial charge in [-0.15, -0.1) is 0 Å². The highest BCUT2D eigenvalue weighted by atomic mass is 16.3. The van der Waals surface area contributed by atoms with E-state index in [0.29, 0.717) is 0 Å². The summed E-state index contributed by atoms with van der Waals surface area (Å²) < 4.78 is 11.0. The van der Waals surface area contributed by atoms with Gasteiger partial charge in [0.15, 0.2) is 0 Å². The number of rotatable bonds is 4. The Morgan fingerprint density at radius 3 is 1.79 bits per heavy atom. The molecule has 0 fully saturated rings. The Labute approximate surface area is 299 Å². The smallest absolute Gasteiger partial charge is 0.135 e. The molecule has 4 heteroatoms. The fraction of sp³-hybridized carbons (Fsp3) is 0.0208. The Hall–Kier alpha value is -6.91. The van der Waals surface area contributed by atoms with E-state index in [1.807, 2.05) is 24.4 Å². The second-order valence-electron chi connectivity index (χ2n) is 13.6. The molecule has 0 aliphatic heterocycles. The predicted octanol–water partition coefficient (Wildman–Crippen LogP) is 12.8. The molecule has 0 spiro atoms. The maximum Gasteiger partial charge on any atom is 0.135 e. The van der Waals surface area contributed by atoms with Crippen molar-refractivity contribution in [2.75, 3.05) is 0 Å². The van der Waals surface area contributed by atoms with Crippen LogP contribution in [0.5, 0.6) is 0 Å². The van der Waals surface area contributed by atoms with Crippen LogP contribution >= 0.6 is 0 Å². The average molecular weight is 666 g/mol. The Bertz CT molecular complexity index is 3140. The first-order chi connectivity index (χ1) is 25.7. The first-order valence-corrected chi connectivity index (χ1v) is 17.7. The molecule has 0 unspecified atom stereocenters. The van der Waals surface area contributed by atoms with Gasteiger partial charge >= 0.3 is 0 Å². The van der Waals surface area contributed by atoms with E-state index >= 15 is 0 Å². The van der Waals surface area contributed by atoms with Crippen LogP contribution in [0.2, 0.25) is 0 Å². The first kappa shape index (κ1) is 28.9. The lowest BCUT2D eigenvalue weighted by Gasteiger charge is -2.18. The Morgan fingerprint density at radius 1 is 0.442 bits per heavy atom. The van der Waals surface area contributed by atoms with Gasteiger partial charge in [0.05, 0.1) is 33.4 Å². The number of hydrogen-bond donors (Lipinski definition) is 0. The molecular weight excluding hydrogens is 635 g/mol. The van der Waals surface area contributed by atoms with E-state index in [9.17, 15) is 0 Å². The lowest BCUT2D eigenvalue weighted by molar-refractivity contribution is 0.669. The maximum absolute atomic E-state index is 6.20. The molecule has 4 nitrogen and oxygen atoms in total. The maximum atomic E-state index is 6.20. The lowest BCUT2D eigenvalue weighted by Crippen LogP contribution is -2.01. The molecule has 0 N–H and O–H groups in total. The van der Waals surface area contributed by atoms with Gasteiger partial charge in [-0.3, -0.25) is 4.98 Å². The quantitative estimate of drug-likeness (QED) is 0.188. The molecule has 0 bridgehead atoms. The van der Waals surface area contributed by atoms with Crippen molar-refractivity contribution in [3.63, 3.8) is 0 Å². The van der Waals surface area contributed by atoms with Gasteiger partial charge in [-0.1, -0.05) is 84.9 Å². The number of nitrogens with zero attached hydrogens (tertiary/aromatic N) is 3. The minimum Gasteiger partial charge on any atom is -0.456 e. The Morgan fingerprint density at radius 2 is 1.06 bits per heavy atom. The summed E-state index contributed by atoms with van der Waals surface area (Å²) in [5, 5.41) is 7.19. The number of aromatic nitrogens is 3. The van der Waals surface area contributed by atoms with Crippen LogP contribution in [-0.4, -0.2) is 14.1 Å². The van der Waals surface area contributed by atoms with Crippen LogP contribution in [0.15, 0.2) is 174 Å². The zero-order valence-electron chi connectivity index (χ0n) is 28.4. The highest BCUT2D eigenvalue weighted by Gasteiger charge is 2.20. The third-order valence-electron chi connectivity index (χ3n) is 10.8. The van der Waals surface area contributed by atoms with Crippen LogP contribution in [0.1, 0.15) is 5.56 Å². The van der Waals surface area contributed by atoms with Gasteiger partial charge in [0, 0.05) is 49.8 Å². The SMILES string of the molecule is Cc1c(-c2ccccn2)cc(-c2ccc3oc4ccccc4c3c2)cc1-n1c2ccccc2c2cc(-n3c4ccccc4c4ccccc43)ccc21. The van der Waals surface area contributed by atoms with Crippen molar-refractivity contribution >= 4 is 65.6 Å². The summed E-state index contributed by atoms with van der Waals surface area (Å²) in [4.78, 5) is 4.84. The highest BCUT2D eigenvalue weighted by Crippen LogP contribution is 2.41. The number of fused-ring (bicyclic) bond motifs is 9. The van der Waals surface area contributed by atoms with Gasteiger partial charge in [0.1, 0.15) is 11.2 Å². The van der Waals surface area contributed by atoms with Gasteiger partial charge < -0.3 is 13.6 Å². The molecule has 11 rings (SSSR count). The minimum atomic E-state index is 0.892. The van der Waals surface area contributed by atoms with E-state index in [0.717, 1.165) is 61.2 Å². The molecule has 4 aromatic heterocycles.